The lowest BCUT2D eigenvalue weighted by molar-refractivity contribution is 0.0717. The first kappa shape index (κ1) is 13.7. The third-order valence-electron chi connectivity index (χ3n) is 2.98. The van der Waals surface area contributed by atoms with Crippen LogP contribution in [0.3, 0.4) is 0 Å². The van der Waals surface area contributed by atoms with Crippen molar-refractivity contribution in [3.05, 3.63) is 11.9 Å². The molecule has 2 N–H and O–H groups in total. The monoisotopic (exact) mass is 284 g/mol. The summed E-state index contributed by atoms with van der Waals surface area (Å²) in [6, 6.07) is 0. The minimum atomic E-state index is -3.59. The minimum absolute atomic E-state index is 0.0246. The molecule has 0 atom stereocenters. The van der Waals surface area contributed by atoms with E-state index in [1.807, 2.05) is 0 Å². The summed E-state index contributed by atoms with van der Waals surface area (Å²) in [4.78, 5) is 21.4. The molecule has 0 aromatic carbocycles. The van der Waals surface area contributed by atoms with Crippen molar-refractivity contribution in [2.45, 2.75) is 24.3 Å². The maximum atomic E-state index is 12.2. The van der Waals surface area contributed by atoms with Gasteiger partial charge in [0, 0.05) is 19.3 Å². The molecule has 104 valence electrons. The van der Waals surface area contributed by atoms with Crippen LogP contribution < -0.4 is 5.73 Å². The molecule has 1 aromatic rings. The number of anilines is 1. The summed E-state index contributed by atoms with van der Waals surface area (Å²) in [6.45, 7) is 1.33. The number of nitrogens with zero attached hydrogens (tertiary/aromatic N) is 3. The Morgan fingerprint density at radius 1 is 1.32 bits per heavy atom. The second-order valence-corrected chi connectivity index (χ2v) is 6.50. The van der Waals surface area contributed by atoms with Crippen molar-refractivity contribution in [2.24, 2.45) is 0 Å². The van der Waals surface area contributed by atoms with Gasteiger partial charge in [0.1, 0.15) is 5.69 Å². The third kappa shape index (κ3) is 3.01. The van der Waals surface area contributed by atoms with E-state index in [0.717, 1.165) is 25.5 Å². The van der Waals surface area contributed by atoms with Crippen LogP contribution in [0.4, 0.5) is 5.82 Å². The maximum Gasteiger partial charge on any atom is 0.274 e. The van der Waals surface area contributed by atoms with Gasteiger partial charge in [-0.2, -0.15) is 0 Å². The van der Waals surface area contributed by atoms with E-state index < -0.39 is 9.84 Å². The Bertz CT molecular complexity index is 594. The molecule has 2 rings (SSSR count). The summed E-state index contributed by atoms with van der Waals surface area (Å²) in [5.74, 6) is -0.477. The van der Waals surface area contributed by atoms with Gasteiger partial charge in [0.25, 0.3) is 5.91 Å². The van der Waals surface area contributed by atoms with Gasteiger partial charge in [0.2, 0.25) is 0 Å². The zero-order valence-corrected chi connectivity index (χ0v) is 11.5. The summed E-state index contributed by atoms with van der Waals surface area (Å²) in [7, 11) is -3.59. The van der Waals surface area contributed by atoms with Crippen molar-refractivity contribution in [1.82, 2.24) is 14.9 Å². The minimum Gasteiger partial charge on any atom is -0.381 e. The molecule has 1 aliphatic heterocycles. The van der Waals surface area contributed by atoms with E-state index in [-0.39, 0.29) is 22.4 Å². The largest absolute Gasteiger partial charge is 0.381 e. The van der Waals surface area contributed by atoms with E-state index in [2.05, 4.69) is 9.97 Å². The molecule has 0 saturated carbocycles. The van der Waals surface area contributed by atoms with E-state index in [9.17, 15) is 13.2 Å². The predicted octanol–water partition coefficient (Wildman–Crippen LogP) is 0.0884. The van der Waals surface area contributed by atoms with Crippen molar-refractivity contribution in [2.75, 3.05) is 25.1 Å². The number of carbonyl (C=O) groups is 1. The average molecular weight is 284 g/mol. The molecule has 8 heteroatoms. The third-order valence-corrected chi connectivity index (χ3v) is 3.98. The molecule has 1 fully saturated rings. The predicted molar refractivity (Wildman–Crippen MR) is 69.3 cm³/mol. The van der Waals surface area contributed by atoms with Crippen molar-refractivity contribution >= 4 is 21.6 Å². The number of piperidine rings is 1. The molecular formula is C11H16N4O3S. The van der Waals surface area contributed by atoms with Crippen LogP contribution in [-0.2, 0) is 9.84 Å². The first-order valence-corrected chi connectivity index (χ1v) is 7.90. The number of aromatic nitrogens is 2. The Hall–Kier alpha value is -1.70. The van der Waals surface area contributed by atoms with Gasteiger partial charge in [0.05, 0.1) is 6.20 Å². The fraction of sp³-hybridized carbons (Fsp3) is 0.545. The Labute approximate surface area is 111 Å². The van der Waals surface area contributed by atoms with Gasteiger partial charge in [-0.05, 0) is 19.3 Å². The molecule has 0 bridgehead atoms. The molecule has 1 amide bonds. The number of rotatable bonds is 2. The first-order chi connectivity index (χ1) is 8.89. The van der Waals surface area contributed by atoms with Gasteiger partial charge in [-0.15, -0.1) is 0 Å². The lowest BCUT2D eigenvalue weighted by Crippen LogP contribution is -2.36. The van der Waals surface area contributed by atoms with Crippen LogP contribution in [0, 0.1) is 0 Å². The highest BCUT2D eigenvalue weighted by Gasteiger charge is 2.23. The number of sulfone groups is 1. The van der Waals surface area contributed by atoms with Gasteiger partial charge < -0.3 is 10.6 Å². The lowest BCUT2D eigenvalue weighted by atomic mass is 10.1. The Balaban J connectivity index is 2.33. The first-order valence-electron chi connectivity index (χ1n) is 6.01. The Kier molecular flexibility index (Phi) is 3.70. The summed E-state index contributed by atoms with van der Waals surface area (Å²) in [5.41, 5.74) is 5.50. The topological polar surface area (TPSA) is 106 Å². The van der Waals surface area contributed by atoms with Crippen molar-refractivity contribution in [3.63, 3.8) is 0 Å². The van der Waals surface area contributed by atoms with Crippen LogP contribution >= 0.6 is 0 Å². The number of nitrogens with two attached hydrogens (primary N) is 1. The van der Waals surface area contributed by atoms with E-state index in [1.165, 1.54) is 6.20 Å². The molecule has 1 aliphatic rings. The molecule has 0 radical (unpaired) electrons. The van der Waals surface area contributed by atoms with E-state index in [4.69, 9.17) is 5.73 Å². The molecule has 1 saturated heterocycles. The normalized spacial score (nSPS) is 16.4. The molecule has 1 aromatic heterocycles. The SMILES string of the molecule is CS(=O)(=O)c1nc(C(=O)N2CCCCC2)cnc1N. The molecule has 0 spiro atoms. The van der Waals surface area contributed by atoms with Crippen molar-refractivity contribution < 1.29 is 13.2 Å². The second kappa shape index (κ2) is 5.12. The number of hydrogen-bond donors (Lipinski definition) is 1. The van der Waals surface area contributed by atoms with Crippen molar-refractivity contribution in [1.29, 1.82) is 0 Å². The smallest absolute Gasteiger partial charge is 0.274 e. The fourth-order valence-corrected chi connectivity index (χ4v) is 2.71. The van der Waals surface area contributed by atoms with Crippen molar-refractivity contribution in [3.8, 4) is 0 Å². The fourth-order valence-electron chi connectivity index (χ4n) is 2.02. The number of carbonyl (C=O) groups excluding carboxylic acids is 1. The Morgan fingerprint density at radius 3 is 2.53 bits per heavy atom. The van der Waals surface area contributed by atoms with E-state index in [0.29, 0.717) is 13.1 Å². The molecule has 2 heterocycles. The number of likely N-dealkylation sites (tertiary alicyclic amines) is 1. The quantitative estimate of drug-likeness (QED) is 0.824. The van der Waals surface area contributed by atoms with Crippen LogP contribution in [0.5, 0.6) is 0 Å². The highest BCUT2D eigenvalue weighted by molar-refractivity contribution is 7.90. The number of nitrogen functional groups attached to an aromatic ring is 1. The van der Waals surface area contributed by atoms with Crippen LogP contribution in [0.25, 0.3) is 0 Å². The lowest BCUT2D eigenvalue weighted by Gasteiger charge is -2.26. The number of hydrogen-bond acceptors (Lipinski definition) is 6. The van der Waals surface area contributed by atoms with E-state index in [1.54, 1.807) is 4.90 Å². The molecule has 0 aliphatic carbocycles. The van der Waals surface area contributed by atoms with Crippen LogP contribution in [0.2, 0.25) is 0 Å². The van der Waals surface area contributed by atoms with Crippen LogP contribution in [0.15, 0.2) is 11.2 Å². The van der Waals surface area contributed by atoms with Crippen LogP contribution in [-0.4, -0.2) is 48.5 Å². The maximum absolute atomic E-state index is 12.2. The zero-order valence-electron chi connectivity index (χ0n) is 10.7. The average Bonchev–Trinajstić information content (AvgIpc) is 2.38. The van der Waals surface area contributed by atoms with Gasteiger partial charge in [0.15, 0.2) is 20.7 Å². The van der Waals surface area contributed by atoms with Crippen LogP contribution in [0.1, 0.15) is 29.8 Å². The standard InChI is InChI=1S/C11H16N4O3S/c1-19(17,18)10-9(12)13-7-8(14-10)11(16)15-5-3-2-4-6-15/h7H,2-6H2,1H3,(H2,12,13). The number of amides is 1. The van der Waals surface area contributed by atoms with Gasteiger partial charge in [-0.3, -0.25) is 4.79 Å². The van der Waals surface area contributed by atoms with Gasteiger partial charge in [-0.25, -0.2) is 18.4 Å². The second-order valence-electron chi connectivity index (χ2n) is 4.57. The zero-order chi connectivity index (χ0) is 14.0. The summed E-state index contributed by atoms with van der Waals surface area (Å²) in [6.07, 6.45) is 5.22. The van der Waals surface area contributed by atoms with Gasteiger partial charge >= 0.3 is 0 Å². The molecule has 7 nitrogen and oxygen atoms in total. The van der Waals surface area contributed by atoms with Gasteiger partial charge in [-0.1, -0.05) is 0 Å². The Morgan fingerprint density at radius 2 is 1.95 bits per heavy atom. The highest BCUT2D eigenvalue weighted by Crippen LogP contribution is 2.16. The molecular weight excluding hydrogens is 268 g/mol. The van der Waals surface area contributed by atoms with E-state index >= 15 is 0 Å². The summed E-state index contributed by atoms with van der Waals surface area (Å²) >= 11 is 0. The highest BCUT2D eigenvalue weighted by atomic mass is 32.2. The molecule has 19 heavy (non-hydrogen) atoms. The molecule has 0 unspecified atom stereocenters. The summed E-state index contributed by atoms with van der Waals surface area (Å²) in [5, 5.41) is -0.338. The summed E-state index contributed by atoms with van der Waals surface area (Å²) < 4.78 is 23.0.